The number of carboxylic acid groups (broad SMARTS) is 2. The summed E-state index contributed by atoms with van der Waals surface area (Å²) in [6, 6.07) is 6.15. The van der Waals surface area contributed by atoms with Gasteiger partial charge in [-0.1, -0.05) is 18.2 Å². The van der Waals surface area contributed by atoms with Gasteiger partial charge >= 0.3 is 11.9 Å². The highest BCUT2D eigenvalue weighted by atomic mass is 16.5. The first-order chi connectivity index (χ1) is 8.95. The molecule has 1 aromatic rings. The van der Waals surface area contributed by atoms with E-state index in [1.165, 1.54) is 12.0 Å². The minimum absolute atomic E-state index is 0.300. The molecule has 19 heavy (non-hydrogen) atoms. The predicted octanol–water partition coefficient (Wildman–Crippen LogP) is 1.05. The molecule has 6 nitrogen and oxygen atoms in total. The monoisotopic (exact) mass is 267 g/mol. The highest BCUT2D eigenvalue weighted by Crippen LogP contribution is 2.20. The molecule has 0 radical (unpaired) electrons. The average Bonchev–Trinajstić information content (AvgIpc) is 2.36. The highest BCUT2D eigenvalue weighted by molar-refractivity contribution is 5.80. The minimum atomic E-state index is -1.15. The molecular formula is C13H17NO5. The van der Waals surface area contributed by atoms with Crippen LogP contribution in [0.2, 0.25) is 0 Å². The Hall–Kier alpha value is -2.08. The van der Waals surface area contributed by atoms with E-state index < -0.39 is 24.4 Å². The Morgan fingerprint density at radius 1 is 1.32 bits per heavy atom. The molecule has 104 valence electrons. The fraction of sp³-hybridized carbons (Fsp3) is 0.385. The lowest BCUT2D eigenvalue weighted by atomic mass is 10.1. The summed E-state index contributed by atoms with van der Waals surface area (Å²) in [5, 5.41) is 17.8. The molecule has 0 amide bonds. The van der Waals surface area contributed by atoms with E-state index in [1.54, 1.807) is 13.1 Å². The first-order valence-electron chi connectivity index (χ1n) is 5.72. The zero-order chi connectivity index (χ0) is 14.4. The van der Waals surface area contributed by atoms with Crippen LogP contribution in [0.5, 0.6) is 5.75 Å². The molecule has 0 bridgehead atoms. The summed E-state index contributed by atoms with van der Waals surface area (Å²) in [5.41, 5.74) is 0.809. The summed E-state index contributed by atoms with van der Waals surface area (Å²) in [6.07, 6.45) is -0.443. The molecule has 0 aliphatic carbocycles. The third-order valence-corrected chi connectivity index (χ3v) is 2.80. The zero-order valence-corrected chi connectivity index (χ0v) is 10.9. The fourth-order valence-corrected chi connectivity index (χ4v) is 1.81. The number of rotatable bonds is 7. The van der Waals surface area contributed by atoms with Crippen LogP contribution in [-0.2, 0) is 16.1 Å². The molecule has 0 saturated heterocycles. The van der Waals surface area contributed by atoms with E-state index in [9.17, 15) is 9.59 Å². The molecule has 0 aliphatic rings. The van der Waals surface area contributed by atoms with Gasteiger partial charge in [0, 0.05) is 12.1 Å². The number of methoxy groups -OCH3 is 1. The van der Waals surface area contributed by atoms with Crippen LogP contribution in [0.15, 0.2) is 24.3 Å². The second-order valence-electron chi connectivity index (χ2n) is 4.18. The van der Waals surface area contributed by atoms with Crippen molar-refractivity contribution in [2.45, 2.75) is 19.0 Å². The number of para-hydroxylation sites is 1. The van der Waals surface area contributed by atoms with Gasteiger partial charge in [-0.2, -0.15) is 0 Å². The number of carbonyl (C=O) groups is 2. The maximum Gasteiger partial charge on any atom is 0.321 e. The molecule has 1 unspecified atom stereocenters. The van der Waals surface area contributed by atoms with Crippen molar-refractivity contribution in [3.05, 3.63) is 29.8 Å². The molecule has 0 aliphatic heterocycles. The van der Waals surface area contributed by atoms with Crippen molar-refractivity contribution in [1.29, 1.82) is 0 Å². The van der Waals surface area contributed by atoms with Crippen molar-refractivity contribution in [2.24, 2.45) is 0 Å². The number of hydrogen-bond donors (Lipinski definition) is 2. The summed E-state index contributed by atoms with van der Waals surface area (Å²) in [4.78, 5) is 23.2. The summed E-state index contributed by atoms with van der Waals surface area (Å²) in [6.45, 7) is 0.300. The molecule has 1 rings (SSSR count). The van der Waals surface area contributed by atoms with Gasteiger partial charge in [-0.05, 0) is 13.1 Å². The van der Waals surface area contributed by atoms with Crippen LogP contribution >= 0.6 is 0 Å². The molecule has 0 heterocycles. The van der Waals surface area contributed by atoms with E-state index in [1.807, 2.05) is 18.2 Å². The number of ether oxygens (including phenoxy) is 1. The van der Waals surface area contributed by atoms with Crippen LogP contribution < -0.4 is 4.74 Å². The Morgan fingerprint density at radius 3 is 2.47 bits per heavy atom. The topological polar surface area (TPSA) is 87.1 Å². The van der Waals surface area contributed by atoms with E-state index >= 15 is 0 Å². The van der Waals surface area contributed by atoms with E-state index in [0.717, 1.165) is 5.56 Å². The largest absolute Gasteiger partial charge is 0.496 e. The van der Waals surface area contributed by atoms with E-state index in [0.29, 0.717) is 12.3 Å². The number of aliphatic carboxylic acids is 2. The van der Waals surface area contributed by atoms with Gasteiger partial charge in [-0.3, -0.25) is 14.5 Å². The van der Waals surface area contributed by atoms with Gasteiger partial charge in [0.25, 0.3) is 0 Å². The minimum Gasteiger partial charge on any atom is -0.496 e. The number of benzene rings is 1. The van der Waals surface area contributed by atoms with Crippen LogP contribution in [0.4, 0.5) is 0 Å². The Bertz CT molecular complexity index is 460. The quantitative estimate of drug-likeness (QED) is 0.768. The zero-order valence-electron chi connectivity index (χ0n) is 10.9. The lowest BCUT2D eigenvalue weighted by Gasteiger charge is -2.24. The Balaban J connectivity index is 2.83. The molecule has 0 spiro atoms. The summed E-state index contributed by atoms with van der Waals surface area (Å²) >= 11 is 0. The third kappa shape index (κ3) is 4.26. The number of carboxylic acids is 2. The Kier molecular flexibility index (Phi) is 5.32. The fourth-order valence-electron chi connectivity index (χ4n) is 1.81. The van der Waals surface area contributed by atoms with Crippen molar-refractivity contribution in [2.75, 3.05) is 14.2 Å². The van der Waals surface area contributed by atoms with Crippen LogP contribution in [-0.4, -0.2) is 47.3 Å². The van der Waals surface area contributed by atoms with Gasteiger partial charge in [0.05, 0.1) is 13.5 Å². The summed E-state index contributed by atoms with van der Waals surface area (Å²) < 4.78 is 5.18. The van der Waals surface area contributed by atoms with Crippen molar-refractivity contribution in [3.8, 4) is 5.75 Å². The molecule has 1 atom stereocenters. The van der Waals surface area contributed by atoms with Crippen molar-refractivity contribution in [1.82, 2.24) is 4.90 Å². The molecule has 0 saturated carbocycles. The maximum atomic E-state index is 11.1. The third-order valence-electron chi connectivity index (χ3n) is 2.80. The summed E-state index contributed by atoms with van der Waals surface area (Å²) in [5.74, 6) is -1.65. The molecule has 0 fully saturated rings. The molecule has 1 aromatic carbocycles. The first-order valence-corrected chi connectivity index (χ1v) is 5.72. The van der Waals surface area contributed by atoms with Crippen LogP contribution in [0.3, 0.4) is 0 Å². The van der Waals surface area contributed by atoms with E-state index in [2.05, 4.69) is 0 Å². The van der Waals surface area contributed by atoms with Crippen molar-refractivity contribution >= 4 is 11.9 Å². The SMILES string of the molecule is COc1ccccc1CN(C)C(CC(=O)O)C(=O)O. The first kappa shape index (κ1) is 15.0. The van der Waals surface area contributed by atoms with Gasteiger partial charge in [0.2, 0.25) is 0 Å². The van der Waals surface area contributed by atoms with Crippen molar-refractivity contribution < 1.29 is 24.5 Å². The maximum absolute atomic E-state index is 11.1. The van der Waals surface area contributed by atoms with Crippen LogP contribution in [0.1, 0.15) is 12.0 Å². The average molecular weight is 267 g/mol. The molecule has 2 N–H and O–H groups in total. The van der Waals surface area contributed by atoms with Gasteiger partial charge in [0.1, 0.15) is 11.8 Å². The lowest BCUT2D eigenvalue weighted by Crippen LogP contribution is -2.39. The van der Waals surface area contributed by atoms with Gasteiger partial charge in [-0.15, -0.1) is 0 Å². The molecule has 0 aromatic heterocycles. The second kappa shape index (κ2) is 6.75. The summed E-state index contributed by atoms with van der Waals surface area (Å²) in [7, 11) is 3.11. The standard InChI is InChI=1S/C13H17NO5/c1-14(10(13(17)18)7-12(15)16)8-9-5-3-4-6-11(9)19-2/h3-6,10H,7-8H2,1-2H3,(H,15,16)(H,17,18). The smallest absolute Gasteiger partial charge is 0.321 e. The normalized spacial score (nSPS) is 12.2. The molecule has 6 heteroatoms. The highest BCUT2D eigenvalue weighted by Gasteiger charge is 2.26. The predicted molar refractivity (Wildman–Crippen MR) is 68.1 cm³/mol. The number of nitrogens with zero attached hydrogens (tertiary/aromatic N) is 1. The van der Waals surface area contributed by atoms with Gasteiger partial charge < -0.3 is 14.9 Å². The van der Waals surface area contributed by atoms with Gasteiger partial charge in [0.15, 0.2) is 0 Å². The number of likely N-dealkylation sites (N-methyl/N-ethyl adjacent to an activating group) is 1. The Morgan fingerprint density at radius 2 is 1.95 bits per heavy atom. The van der Waals surface area contributed by atoms with Crippen LogP contribution in [0, 0.1) is 0 Å². The van der Waals surface area contributed by atoms with Crippen LogP contribution in [0.25, 0.3) is 0 Å². The Labute approximate surface area is 111 Å². The molecular weight excluding hydrogens is 250 g/mol. The second-order valence-corrected chi connectivity index (χ2v) is 4.18. The van der Waals surface area contributed by atoms with Crippen molar-refractivity contribution in [3.63, 3.8) is 0 Å². The van der Waals surface area contributed by atoms with E-state index in [4.69, 9.17) is 14.9 Å². The van der Waals surface area contributed by atoms with Gasteiger partial charge in [-0.25, -0.2) is 0 Å². The number of hydrogen-bond acceptors (Lipinski definition) is 4. The lowest BCUT2D eigenvalue weighted by molar-refractivity contribution is -0.149. The van der Waals surface area contributed by atoms with E-state index in [-0.39, 0.29) is 0 Å².